The van der Waals surface area contributed by atoms with E-state index in [1.807, 2.05) is 12.1 Å². The number of β-amino-alcohol motifs (C(OH)–C–C–N with tert-alkyl or cyclic N) is 1. The van der Waals surface area contributed by atoms with Crippen LogP contribution >= 0.6 is 11.6 Å². The second kappa shape index (κ2) is 10.8. The molecule has 0 saturated carbocycles. The Hall–Kier alpha value is -2.37. The number of rotatable bonds is 8. The molecular weight excluding hydrogens is 408 g/mol. The van der Waals surface area contributed by atoms with Crippen LogP contribution in [-0.4, -0.2) is 60.3 Å². The number of ether oxygens (including phenoxy) is 1. The number of hydrogen-bond acceptors (Lipinski definition) is 4. The third-order valence-electron chi connectivity index (χ3n) is 5.73. The summed E-state index contributed by atoms with van der Waals surface area (Å²) < 4.78 is 5.69. The van der Waals surface area contributed by atoms with Crippen LogP contribution < -0.4 is 4.74 Å². The van der Waals surface area contributed by atoms with Crippen LogP contribution in [0.25, 0.3) is 0 Å². The van der Waals surface area contributed by atoms with Crippen LogP contribution in [0.1, 0.15) is 17.2 Å². The zero-order valence-electron chi connectivity index (χ0n) is 17.6. The first kappa shape index (κ1) is 21.8. The Morgan fingerprint density at radius 3 is 1.87 bits per heavy atom. The summed E-state index contributed by atoms with van der Waals surface area (Å²) in [6.45, 7) is 4.65. The third-order valence-corrected chi connectivity index (χ3v) is 5.98. The molecule has 5 heteroatoms. The molecule has 1 heterocycles. The van der Waals surface area contributed by atoms with E-state index in [4.69, 9.17) is 16.3 Å². The summed E-state index contributed by atoms with van der Waals surface area (Å²) in [6, 6.07) is 28.9. The SMILES string of the molecule is OC(COc1ccc(Cl)cc1)CN1CCN(C(c2ccccc2)c2ccccc2)CC1. The lowest BCUT2D eigenvalue weighted by Gasteiger charge is -2.40. The van der Waals surface area contributed by atoms with E-state index >= 15 is 0 Å². The van der Waals surface area contributed by atoms with Crippen LogP contribution in [0, 0.1) is 0 Å². The van der Waals surface area contributed by atoms with Gasteiger partial charge in [-0.15, -0.1) is 0 Å². The number of nitrogens with zero attached hydrogens (tertiary/aromatic N) is 2. The standard InChI is InChI=1S/C26H29ClN2O2/c27-23-11-13-25(14-12-23)31-20-24(30)19-28-15-17-29(18-16-28)26(21-7-3-1-4-8-21)22-9-5-2-6-10-22/h1-14,24,26,30H,15-20H2. The van der Waals surface area contributed by atoms with Crippen LogP contribution in [0.2, 0.25) is 5.02 Å². The number of aliphatic hydroxyl groups is 1. The van der Waals surface area contributed by atoms with Crippen molar-refractivity contribution in [1.29, 1.82) is 0 Å². The van der Waals surface area contributed by atoms with E-state index in [0.717, 1.165) is 31.9 Å². The normalized spacial score (nSPS) is 16.4. The molecule has 162 valence electrons. The van der Waals surface area contributed by atoms with E-state index in [9.17, 15) is 5.11 Å². The lowest BCUT2D eigenvalue weighted by atomic mass is 9.96. The van der Waals surface area contributed by atoms with E-state index in [0.29, 0.717) is 11.6 Å². The molecule has 1 unspecified atom stereocenters. The molecule has 0 amide bonds. The number of hydrogen-bond donors (Lipinski definition) is 1. The highest BCUT2D eigenvalue weighted by Crippen LogP contribution is 2.29. The smallest absolute Gasteiger partial charge is 0.119 e. The van der Waals surface area contributed by atoms with Gasteiger partial charge in [0.25, 0.3) is 0 Å². The molecular formula is C26H29ClN2O2. The molecule has 1 fully saturated rings. The first-order valence-electron chi connectivity index (χ1n) is 10.8. The third kappa shape index (κ3) is 6.08. The molecule has 0 aromatic heterocycles. The second-order valence-electron chi connectivity index (χ2n) is 7.98. The molecule has 4 nitrogen and oxygen atoms in total. The van der Waals surface area contributed by atoms with Crippen LogP contribution in [0.15, 0.2) is 84.9 Å². The fraction of sp³-hybridized carbons (Fsp3) is 0.308. The Morgan fingerprint density at radius 2 is 1.32 bits per heavy atom. The van der Waals surface area contributed by atoms with Gasteiger partial charge in [0.2, 0.25) is 0 Å². The lowest BCUT2D eigenvalue weighted by molar-refractivity contribution is 0.0401. The van der Waals surface area contributed by atoms with Crippen LogP contribution in [0.5, 0.6) is 5.75 Å². The van der Waals surface area contributed by atoms with Gasteiger partial charge < -0.3 is 9.84 Å². The minimum atomic E-state index is -0.527. The minimum Gasteiger partial charge on any atom is -0.491 e. The highest BCUT2D eigenvalue weighted by atomic mass is 35.5. The van der Waals surface area contributed by atoms with Gasteiger partial charge in [0, 0.05) is 37.7 Å². The zero-order chi connectivity index (χ0) is 21.5. The van der Waals surface area contributed by atoms with Gasteiger partial charge in [0.05, 0.1) is 6.04 Å². The molecule has 1 aliphatic rings. The highest BCUT2D eigenvalue weighted by Gasteiger charge is 2.27. The van der Waals surface area contributed by atoms with Crippen molar-refractivity contribution in [2.75, 3.05) is 39.3 Å². The molecule has 31 heavy (non-hydrogen) atoms. The van der Waals surface area contributed by atoms with E-state index in [2.05, 4.69) is 70.5 Å². The molecule has 3 aromatic carbocycles. The van der Waals surface area contributed by atoms with Crippen molar-refractivity contribution in [2.24, 2.45) is 0 Å². The largest absolute Gasteiger partial charge is 0.491 e. The fourth-order valence-corrected chi connectivity index (χ4v) is 4.29. The summed E-state index contributed by atoms with van der Waals surface area (Å²) >= 11 is 5.90. The fourth-order valence-electron chi connectivity index (χ4n) is 4.16. The topological polar surface area (TPSA) is 35.9 Å². The summed E-state index contributed by atoms with van der Waals surface area (Å²) in [6.07, 6.45) is -0.527. The zero-order valence-corrected chi connectivity index (χ0v) is 18.4. The quantitative estimate of drug-likeness (QED) is 0.564. The molecule has 1 saturated heterocycles. The minimum absolute atomic E-state index is 0.253. The summed E-state index contributed by atoms with van der Waals surface area (Å²) in [5, 5.41) is 11.1. The van der Waals surface area contributed by atoms with Crippen molar-refractivity contribution in [2.45, 2.75) is 12.1 Å². The van der Waals surface area contributed by atoms with Gasteiger partial charge >= 0.3 is 0 Å². The van der Waals surface area contributed by atoms with Gasteiger partial charge in [-0.05, 0) is 35.4 Å². The van der Waals surface area contributed by atoms with Crippen molar-refractivity contribution in [3.8, 4) is 5.75 Å². The maximum absolute atomic E-state index is 10.4. The number of aliphatic hydroxyl groups excluding tert-OH is 1. The van der Waals surface area contributed by atoms with Crippen LogP contribution in [0.3, 0.4) is 0 Å². The molecule has 1 atom stereocenters. The van der Waals surface area contributed by atoms with Crippen molar-refractivity contribution in [3.63, 3.8) is 0 Å². The van der Waals surface area contributed by atoms with Gasteiger partial charge in [-0.25, -0.2) is 0 Å². The van der Waals surface area contributed by atoms with Gasteiger partial charge in [0.15, 0.2) is 0 Å². The molecule has 1 N–H and O–H groups in total. The van der Waals surface area contributed by atoms with Crippen molar-refractivity contribution < 1.29 is 9.84 Å². The Morgan fingerprint density at radius 1 is 0.774 bits per heavy atom. The van der Waals surface area contributed by atoms with Gasteiger partial charge in [-0.3, -0.25) is 9.80 Å². The summed E-state index contributed by atoms with van der Waals surface area (Å²) in [5.41, 5.74) is 2.64. The molecule has 0 spiro atoms. The van der Waals surface area contributed by atoms with Gasteiger partial charge in [0.1, 0.15) is 18.5 Å². The second-order valence-corrected chi connectivity index (χ2v) is 8.42. The lowest BCUT2D eigenvalue weighted by Crippen LogP contribution is -2.50. The Labute approximate surface area is 189 Å². The van der Waals surface area contributed by atoms with Crippen LogP contribution in [0.4, 0.5) is 0 Å². The van der Waals surface area contributed by atoms with E-state index in [1.54, 1.807) is 12.1 Å². The summed E-state index contributed by atoms with van der Waals surface area (Å²) in [7, 11) is 0. The van der Waals surface area contributed by atoms with Crippen molar-refractivity contribution in [1.82, 2.24) is 9.80 Å². The van der Waals surface area contributed by atoms with Gasteiger partial charge in [-0.1, -0.05) is 72.3 Å². The summed E-state index contributed by atoms with van der Waals surface area (Å²) in [4.78, 5) is 4.86. The molecule has 0 bridgehead atoms. The predicted octanol–water partition coefficient (Wildman–Crippen LogP) is 4.49. The molecule has 3 aromatic rings. The average Bonchev–Trinajstić information content (AvgIpc) is 2.81. The van der Waals surface area contributed by atoms with Crippen molar-refractivity contribution >= 4 is 11.6 Å². The Bertz CT molecular complexity index is 874. The first-order chi connectivity index (χ1) is 15.2. The predicted molar refractivity (Wildman–Crippen MR) is 126 cm³/mol. The molecule has 4 rings (SSSR count). The maximum Gasteiger partial charge on any atom is 0.119 e. The van der Waals surface area contributed by atoms with E-state index in [1.165, 1.54) is 11.1 Å². The number of piperazine rings is 1. The van der Waals surface area contributed by atoms with Gasteiger partial charge in [-0.2, -0.15) is 0 Å². The molecule has 0 radical (unpaired) electrons. The summed E-state index contributed by atoms with van der Waals surface area (Å²) in [5.74, 6) is 0.724. The first-order valence-corrected chi connectivity index (χ1v) is 11.2. The Balaban J connectivity index is 1.32. The van der Waals surface area contributed by atoms with Crippen LogP contribution in [-0.2, 0) is 0 Å². The van der Waals surface area contributed by atoms with Crippen molar-refractivity contribution in [3.05, 3.63) is 101 Å². The van der Waals surface area contributed by atoms with E-state index in [-0.39, 0.29) is 12.6 Å². The number of halogens is 1. The number of benzene rings is 3. The maximum atomic E-state index is 10.4. The van der Waals surface area contributed by atoms with E-state index < -0.39 is 6.10 Å². The highest BCUT2D eigenvalue weighted by molar-refractivity contribution is 6.30. The monoisotopic (exact) mass is 436 g/mol. The molecule has 0 aliphatic carbocycles. The average molecular weight is 437 g/mol. The Kier molecular flexibility index (Phi) is 7.60. The molecule has 1 aliphatic heterocycles.